The molecule has 1 aromatic rings. The van der Waals surface area contributed by atoms with Gasteiger partial charge in [-0.05, 0) is 31.5 Å². The molecule has 0 radical (unpaired) electrons. The number of amides is 1. The van der Waals surface area contributed by atoms with Crippen LogP contribution in [0.1, 0.15) is 38.3 Å². The van der Waals surface area contributed by atoms with Crippen molar-refractivity contribution in [3.05, 3.63) is 23.8 Å². The van der Waals surface area contributed by atoms with Crippen molar-refractivity contribution in [2.45, 2.75) is 32.7 Å². The minimum Gasteiger partial charge on any atom is -0.490 e. The molecule has 1 aliphatic heterocycles. The van der Waals surface area contributed by atoms with Gasteiger partial charge in [0.05, 0.1) is 13.2 Å². The zero-order chi connectivity index (χ0) is 15.1. The molecule has 0 aliphatic carbocycles. The first-order valence-corrected chi connectivity index (χ1v) is 7.60. The van der Waals surface area contributed by atoms with Crippen molar-refractivity contribution < 1.29 is 14.3 Å². The van der Waals surface area contributed by atoms with E-state index in [0.717, 1.165) is 23.5 Å². The Morgan fingerprint density at radius 3 is 2.81 bits per heavy atom. The van der Waals surface area contributed by atoms with Gasteiger partial charge in [-0.2, -0.15) is 0 Å². The molecule has 21 heavy (non-hydrogen) atoms. The van der Waals surface area contributed by atoms with Crippen molar-refractivity contribution in [2.24, 2.45) is 0 Å². The van der Waals surface area contributed by atoms with Gasteiger partial charge in [0.25, 0.3) is 0 Å². The Bertz CT molecular complexity index is 477. The fourth-order valence-electron chi connectivity index (χ4n) is 2.25. The maximum Gasteiger partial charge on any atom is 0.221 e. The van der Waals surface area contributed by atoms with Crippen molar-refractivity contribution in [2.75, 3.05) is 26.3 Å². The zero-order valence-electron chi connectivity index (χ0n) is 12.8. The fourth-order valence-corrected chi connectivity index (χ4v) is 2.25. The number of carbonyl (C=O) groups excluding carboxylic acids is 1. The molecule has 116 valence electrons. The van der Waals surface area contributed by atoms with E-state index in [0.29, 0.717) is 32.7 Å². The topological polar surface area (TPSA) is 59.6 Å². The molecule has 1 atom stereocenters. The second kappa shape index (κ2) is 7.88. The molecule has 1 amide bonds. The van der Waals surface area contributed by atoms with Crippen LogP contribution in [0.3, 0.4) is 0 Å². The predicted molar refractivity (Wildman–Crippen MR) is 81.8 cm³/mol. The van der Waals surface area contributed by atoms with Crippen molar-refractivity contribution >= 4 is 5.91 Å². The highest BCUT2D eigenvalue weighted by Gasteiger charge is 2.13. The van der Waals surface area contributed by atoms with Crippen LogP contribution in [0.15, 0.2) is 18.2 Å². The lowest BCUT2D eigenvalue weighted by Crippen LogP contribution is -2.28. The van der Waals surface area contributed by atoms with Gasteiger partial charge in [0.1, 0.15) is 0 Å². The second-order valence-electron chi connectivity index (χ2n) is 5.14. The standard InChI is InChI=1S/C16H24N2O3/c1-3-17-16(19)7-8-18-12(2)13-5-6-14-15(11-13)21-10-4-9-20-14/h5-6,11-12,18H,3-4,7-10H2,1-2H3,(H,17,19). The van der Waals surface area contributed by atoms with E-state index in [2.05, 4.69) is 17.6 Å². The van der Waals surface area contributed by atoms with Crippen LogP contribution in [0, 0.1) is 0 Å². The average molecular weight is 292 g/mol. The number of ether oxygens (including phenoxy) is 2. The molecule has 1 unspecified atom stereocenters. The number of carbonyl (C=O) groups is 1. The second-order valence-corrected chi connectivity index (χ2v) is 5.14. The van der Waals surface area contributed by atoms with Crippen LogP contribution in [-0.2, 0) is 4.79 Å². The highest BCUT2D eigenvalue weighted by atomic mass is 16.5. The van der Waals surface area contributed by atoms with Gasteiger partial charge >= 0.3 is 0 Å². The molecule has 0 saturated carbocycles. The molecule has 2 N–H and O–H groups in total. The number of nitrogens with one attached hydrogen (secondary N) is 2. The summed E-state index contributed by atoms with van der Waals surface area (Å²) in [5.74, 6) is 1.70. The monoisotopic (exact) mass is 292 g/mol. The summed E-state index contributed by atoms with van der Waals surface area (Å²) in [6, 6.07) is 6.18. The van der Waals surface area contributed by atoms with E-state index in [1.165, 1.54) is 0 Å². The third-order valence-electron chi connectivity index (χ3n) is 3.45. The highest BCUT2D eigenvalue weighted by molar-refractivity contribution is 5.75. The smallest absolute Gasteiger partial charge is 0.221 e. The Morgan fingerprint density at radius 2 is 2.05 bits per heavy atom. The minimum absolute atomic E-state index is 0.0795. The molecule has 0 spiro atoms. The molecule has 5 nitrogen and oxygen atoms in total. The SMILES string of the molecule is CCNC(=O)CCNC(C)c1ccc2c(c1)OCCCO2. The number of rotatable bonds is 6. The van der Waals surface area contributed by atoms with Crippen LogP contribution in [0.5, 0.6) is 11.5 Å². The first-order chi connectivity index (χ1) is 10.2. The number of fused-ring (bicyclic) bond motifs is 1. The van der Waals surface area contributed by atoms with E-state index < -0.39 is 0 Å². The van der Waals surface area contributed by atoms with Crippen molar-refractivity contribution in [1.29, 1.82) is 0 Å². The molecule has 1 aliphatic rings. The lowest BCUT2D eigenvalue weighted by molar-refractivity contribution is -0.120. The maximum absolute atomic E-state index is 11.4. The molecule has 1 aromatic carbocycles. The van der Waals surface area contributed by atoms with Crippen LogP contribution in [-0.4, -0.2) is 32.2 Å². The molecular formula is C16H24N2O3. The van der Waals surface area contributed by atoms with Gasteiger partial charge in [-0.15, -0.1) is 0 Å². The third kappa shape index (κ3) is 4.63. The summed E-state index contributed by atoms with van der Waals surface area (Å²) >= 11 is 0. The van der Waals surface area contributed by atoms with Crippen molar-refractivity contribution in [3.8, 4) is 11.5 Å². The third-order valence-corrected chi connectivity index (χ3v) is 3.45. The average Bonchev–Trinajstić information content (AvgIpc) is 2.71. The summed E-state index contributed by atoms with van der Waals surface area (Å²) in [4.78, 5) is 11.4. The summed E-state index contributed by atoms with van der Waals surface area (Å²) in [5, 5.41) is 6.14. The molecule has 0 bridgehead atoms. The molecule has 5 heteroatoms. The Labute approximate surface area is 126 Å². The summed E-state index contributed by atoms with van der Waals surface area (Å²) < 4.78 is 11.3. The van der Waals surface area contributed by atoms with Gasteiger partial charge < -0.3 is 20.1 Å². The Balaban J connectivity index is 1.89. The summed E-state index contributed by atoms with van der Waals surface area (Å²) in [6.07, 6.45) is 1.40. The minimum atomic E-state index is 0.0795. The highest BCUT2D eigenvalue weighted by Crippen LogP contribution is 2.32. The van der Waals surface area contributed by atoms with E-state index in [1.54, 1.807) is 0 Å². The molecule has 0 aromatic heterocycles. The molecule has 1 heterocycles. The summed E-state index contributed by atoms with van der Waals surface area (Å²) in [6.45, 7) is 6.73. The van der Waals surface area contributed by atoms with Crippen molar-refractivity contribution in [3.63, 3.8) is 0 Å². The van der Waals surface area contributed by atoms with Crippen LogP contribution < -0.4 is 20.1 Å². The number of hydrogen-bond donors (Lipinski definition) is 2. The van der Waals surface area contributed by atoms with Crippen LogP contribution >= 0.6 is 0 Å². The summed E-state index contributed by atoms with van der Waals surface area (Å²) in [7, 11) is 0. The zero-order valence-corrected chi connectivity index (χ0v) is 12.8. The Hall–Kier alpha value is -1.75. The van der Waals surface area contributed by atoms with Crippen molar-refractivity contribution in [1.82, 2.24) is 10.6 Å². The van der Waals surface area contributed by atoms with E-state index in [9.17, 15) is 4.79 Å². The maximum atomic E-state index is 11.4. The Kier molecular flexibility index (Phi) is 5.87. The first kappa shape index (κ1) is 15.6. The normalized spacial score (nSPS) is 15.1. The van der Waals surface area contributed by atoms with Gasteiger partial charge in [-0.25, -0.2) is 0 Å². The predicted octanol–water partition coefficient (Wildman–Crippen LogP) is 2.02. The molecule has 2 rings (SSSR count). The molecule has 0 saturated heterocycles. The van der Waals surface area contributed by atoms with Gasteiger partial charge in [-0.3, -0.25) is 4.79 Å². The van der Waals surface area contributed by atoms with E-state index >= 15 is 0 Å². The van der Waals surface area contributed by atoms with Gasteiger partial charge in [0.2, 0.25) is 5.91 Å². The number of benzene rings is 1. The molecular weight excluding hydrogens is 268 g/mol. The van der Waals surface area contributed by atoms with Crippen LogP contribution in [0.4, 0.5) is 0 Å². The quantitative estimate of drug-likeness (QED) is 0.842. The van der Waals surface area contributed by atoms with E-state index in [-0.39, 0.29) is 11.9 Å². The van der Waals surface area contributed by atoms with Gasteiger partial charge in [0.15, 0.2) is 11.5 Å². The summed E-state index contributed by atoms with van der Waals surface area (Å²) in [5.41, 5.74) is 1.13. The van der Waals surface area contributed by atoms with E-state index in [1.807, 2.05) is 25.1 Å². The first-order valence-electron chi connectivity index (χ1n) is 7.60. The van der Waals surface area contributed by atoms with E-state index in [4.69, 9.17) is 9.47 Å². The lowest BCUT2D eigenvalue weighted by Gasteiger charge is -2.16. The number of hydrogen-bond acceptors (Lipinski definition) is 4. The van der Waals surface area contributed by atoms with Crippen LogP contribution in [0.2, 0.25) is 0 Å². The van der Waals surface area contributed by atoms with Gasteiger partial charge in [0, 0.05) is 32.0 Å². The largest absolute Gasteiger partial charge is 0.490 e. The fraction of sp³-hybridized carbons (Fsp3) is 0.562. The van der Waals surface area contributed by atoms with Gasteiger partial charge in [-0.1, -0.05) is 6.07 Å². The molecule has 0 fully saturated rings. The Morgan fingerprint density at radius 1 is 1.29 bits per heavy atom. The lowest BCUT2D eigenvalue weighted by atomic mass is 10.1. The van der Waals surface area contributed by atoms with Crippen LogP contribution in [0.25, 0.3) is 0 Å².